The average molecular weight is 344 g/mol. The van der Waals surface area contributed by atoms with Crippen molar-refractivity contribution in [1.82, 2.24) is 0 Å². The Kier molecular flexibility index (Phi) is 4.16. The summed E-state index contributed by atoms with van der Waals surface area (Å²) in [5, 5.41) is 0.615. The maximum atomic E-state index is 13.2. The van der Waals surface area contributed by atoms with Gasteiger partial charge in [-0.3, -0.25) is 4.79 Å². The van der Waals surface area contributed by atoms with Gasteiger partial charge in [-0.15, -0.1) is 0 Å². The van der Waals surface area contributed by atoms with Crippen molar-refractivity contribution in [3.63, 3.8) is 0 Å². The molecule has 0 radical (unpaired) electrons. The first-order valence-electron chi connectivity index (χ1n) is 8.08. The van der Waals surface area contributed by atoms with E-state index in [-0.39, 0.29) is 5.43 Å². The first kappa shape index (κ1) is 15.7. The summed E-state index contributed by atoms with van der Waals surface area (Å²) in [5.74, 6) is 0.623. The molecule has 0 aliphatic rings. The molecule has 0 atom stereocenters. The summed E-state index contributed by atoms with van der Waals surface area (Å²) in [6.07, 6.45) is 0. The number of aryl methyl sites for hydroxylation is 1. The highest BCUT2D eigenvalue weighted by Crippen LogP contribution is 2.35. The Morgan fingerprint density at radius 1 is 0.840 bits per heavy atom. The smallest absolute Gasteiger partial charge is 0.207 e. The molecule has 4 rings (SSSR count). The summed E-state index contributed by atoms with van der Waals surface area (Å²) in [5.41, 5.74) is 2.61. The summed E-state index contributed by atoms with van der Waals surface area (Å²) < 4.78 is 6.19. The largest absolute Gasteiger partial charge is 0.455 e. The molecule has 122 valence electrons. The molecule has 0 saturated heterocycles. The molecule has 0 N–H and O–H groups in total. The van der Waals surface area contributed by atoms with Crippen molar-refractivity contribution < 1.29 is 4.42 Å². The van der Waals surface area contributed by atoms with Crippen molar-refractivity contribution in [2.24, 2.45) is 0 Å². The second kappa shape index (κ2) is 6.61. The third kappa shape index (κ3) is 3.11. The first-order chi connectivity index (χ1) is 12.2. The van der Waals surface area contributed by atoms with Gasteiger partial charge in [-0.1, -0.05) is 66.4 Å². The highest BCUT2D eigenvalue weighted by molar-refractivity contribution is 7.99. The topological polar surface area (TPSA) is 30.2 Å². The van der Waals surface area contributed by atoms with Crippen molar-refractivity contribution in [3.05, 3.63) is 94.6 Å². The minimum Gasteiger partial charge on any atom is -0.455 e. The molecule has 2 nitrogen and oxygen atoms in total. The maximum absolute atomic E-state index is 13.2. The molecule has 0 unspecified atom stereocenters. The van der Waals surface area contributed by atoms with Gasteiger partial charge in [-0.25, -0.2) is 0 Å². The average Bonchev–Trinajstić information content (AvgIpc) is 2.65. The van der Waals surface area contributed by atoms with E-state index in [0.717, 1.165) is 16.0 Å². The monoisotopic (exact) mass is 344 g/mol. The first-order valence-corrected chi connectivity index (χ1v) is 8.90. The van der Waals surface area contributed by atoms with Crippen LogP contribution in [0.5, 0.6) is 0 Å². The summed E-state index contributed by atoms with van der Waals surface area (Å²) in [7, 11) is 0. The van der Waals surface area contributed by atoms with Gasteiger partial charge in [0.25, 0.3) is 0 Å². The van der Waals surface area contributed by atoms with Gasteiger partial charge in [0.2, 0.25) is 5.43 Å². The third-order valence-electron chi connectivity index (χ3n) is 4.01. The minimum absolute atomic E-state index is 0.00829. The van der Waals surface area contributed by atoms with Crippen LogP contribution in [0.4, 0.5) is 0 Å². The lowest BCUT2D eigenvalue weighted by atomic mass is 10.1. The van der Waals surface area contributed by atoms with Gasteiger partial charge >= 0.3 is 0 Å². The summed E-state index contributed by atoms with van der Waals surface area (Å²) >= 11 is 1.45. The number of rotatable bonds is 3. The van der Waals surface area contributed by atoms with Crippen molar-refractivity contribution in [2.45, 2.75) is 16.7 Å². The van der Waals surface area contributed by atoms with Crippen molar-refractivity contribution in [2.75, 3.05) is 0 Å². The normalized spacial score (nSPS) is 10.9. The zero-order valence-electron chi connectivity index (χ0n) is 13.7. The number of hydrogen-bond acceptors (Lipinski definition) is 3. The Morgan fingerprint density at radius 2 is 1.52 bits per heavy atom. The molecule has 3 aromatic carbocycles. The molecule has 3 heteroatoms. The molecule has 0 bridgehead atoms. The molecule has 0 aliphatic carbocycles. The molecule has 4 aromatic rings. The van der Waals surface area contributed by atoms with Crippen LogP contribution in [0, 0.1) is 6.92 Å². The number of hydrogen-bond donors (Lipinski definition) is 0. The predicted molar refractivity (Wildman–Crippen MR) is 103 cm³/mol. The fourth-order valence-corrected chi connectivity index (χ4v) is 3.75. The van der Waals surface area contributed by atoms with Crippen LogP contribution in [0.3, 0.4) is 0 Å². The van der Waals surface area contributed by atoms with Crippen LogP contribution in [0.15, 0.2) is 97.9 Å². The Hall–Kier alpha value is -2.78. The Bertz CT molecular complexity index is 1080. The molecule has 0 fully saturated rings. The van der Waals surface area contributed by atoms with E-state index in [1.807, 2.05) is 85.8 Å². The van der Waals surface area contributed by atoms with E-state index >= 15 is 0 Å². The van der Waals surface area contributed by atoms with E-state index in [4.69, 9.17) is 4.42 Å². The highest BCUT2D eigenvalue weighted by atomic mass is 32.2. The van der Waals surface area contributed by atoms with E-state index in [1.165, 1.54) is 11.8 Å². The Labute approximate surface area is 150 Å². The number of benzene rings is 3. The standard InChI is InChI=1S/C22H16O2S/c1-15-12-13-18-19(14-15)24-21(16-8-4-2-5-9-16)22(20(18)23)25-17-10-6-3-7-11-17/h2-14H,1H3. The van der Waals surface area contributed by atoms with E-state index in [9.17, 15) is 4.79 Å². The van der Waals surface area contributed by atoms with Gasteiger partial charge in [0.05, 0.1) is 5.39 Å². The van der Waals surface area contributed by atoms with Gasteiger partial charge < -0.3 is 4.42 Å². The summed E-state index contributed by atoms with van der Waals surface area (Å²) in [6, 6.07) is 25.4. The SMILES string of the molecule is Cc1ccc2c(=O)c(Sc3ccccc3)c(-c3ccccc3)oc2c1. The lowest BCUT2D eigenvalue weighted by Gasteiger charge is -2.10. The minimum atomic E-state index is 0.00829. The predicted octanol–water partition coefficient (Wildman–Crippen LogP) is 5.92. The van der Waals surface area contributed by atoms with E-state index in [0.29, 0.717) is 21.6 Å². The molecule has 0 saturated carbocycles. The van der Waals surface area contributed by atoms with Crippen molar-refractivity contribution in [1.29, 1.82) is 0 Å². The second-order valence-corrected chi connectivity index (χ2v) is 6.95. The fourth-order valence-electron chi connectivity index (χ4n) is 2.76. The molecular formula is C22H16O2S. The zero-order valence-corrected chi connectivity index (χ0v) is 14.5. The molecule has 25 heavy (non-hydrogen) atoms. The Morgan fingerprint density at radius 3 is 2.24 bits per heavy atom. The van der Waals surface area contributed by atoms with Crippen LogP contribution < -0.4 is 5.43 Å². The van der Waals surface area contributed by atoms with Crippen LogP contribution >= 0.6 is 11.8 Å². The fraction of sp³-hybridized carbons (Fsp3) is 0.0455. The van der Waals surface area contributed by atoms with Crippen molar-refractivity contribution in [3.8, 4) is 11.3 Å². The molecule has 0 aliphatic heterocycles. The van der Waals surface area contributed by atoms with Crippen LogP contribution in [0.25, 0.3) is 22.3 Å². The molecular weight excluding hydrogens is 328 g/mol. The van der Waals surface area contributed by atoms with Gasteiger partial charge in [-0.05, 0) is 36.8 Å². The van der Waals surface area contributed by atoms with Crippen LogP contribution in [-0.4, -0.2) is 0 Å². The second-order valence-electron chi connectivity index (χ2n) is 5.87. The lowest BCUT2D eigenvalue weighted by Crippen LogP contribution is -2.06. The third-order valence-corrected chi connectivity index (χ3v) is 5.09. The van der Waals surface area contributed by atoms with Gasteiger partial charge in [0.1, 0.15) is 10.5 Å². The van der Waals surface area contributed by atoms with Crippen LogP contribution in [0.2, 0.25) is 0 Å². The highest BCUT2D eigenvalue weighted by Gasteiger charge is 2.17. The molecule has 0 spiro atoms. The zero-order chi connectivity index (χ0) is 17.2. The van der Waals surface area contributed by atoms with Crippen LogP contribution in [-0.2, 0) is 0 Å². The Balaban J connectivity index is 1.99. The van der Waals surface area contributed by atoms with E-state index in [1.54, 1.807) is 0 Å². The van der Waals surface area contributed by atoms with Gasteiger partial charge in [0, 0.05) is 10.5 Å². The molecule has 1 aromatic heterocycles. The van der Waals surface area contributed by atoms with E-state index < -0.39 is 0 Å². The molecule has 0 amide bonds. The number of fused-ring (bicyclic) bond motifs is 1. The van der Waals surface area contributed by atoms with Crippen LogP contribution in [0.1, 0.15) is 5.56 Å². The lowest BCUT2D eigenvalue weighted by molar-refractivity contribution is 0.605. The maximum Gasteiger partial charge on any atom is 0.207 e. The molecule has 1 heterocycles. The van der Waals surface area contributed by atoms with E-state index in [2.05, 4.69) is 0 Å². The van der Waals surface area contributed by atoms with Gasteiger partial charge in [-0.2, -0.15) is 0 Å². The quantitative estimate of drug-likeness (QED) is 0.462. The van der Waals surface area contributed by atoms with Gasteiger partial charge in [0.15, 0.2) is 5.76 Å². The summed E-state index contributed by atoms with van der Waals surface area (Å²) in [4.78, 5) is 14.8. The summed E-state index contributed by atoms with van der Waals surface area (Å²) in [6.45, 7) is 1.99. The van der Waals surface area contributed by atoms with Crippen molar-refractivity contribution >= 4 is 22.7 Å².